The van der Waals surface area contributed by atoms with E-state index in [1.165, 1.54) is 37.3 Å². The largest absolute Gasteiger partial charge is 0.324 e. The Morgan fingerprint density at radius 1 is 1.12 bits per heavy atom. The third kappa shape index (κ3) is 2.54. The number of carbonyl (C=O) groups excluding carboxylic acids is 2. The van der Waals surface area contributed by atoms with Gasteiger partial charge in [-0.2, -0.15) is 0 Å². The molecular formula is C16H13FN2O4S. The summed E-state index contributed by atoms with van der Waals surface area (Å²) in [6.45, 7) is 1.32. The van der Waals surface area contributed by atoms with Gasteiger partial charge in [0.05, 0.1) is 5.56 Å². The first-order chi connectivity index (χ1) is 11.3. The van der Waals surface area contributed by atoms with Crippen LogP contribution >= 0.6 is 0 Å². The van der Waals surface area contributed by atoms with E-state index in [1.54, 1.807) is 6.07 Å². The minimum absolute atomic E-state index is 0.0407. The summed E-state index contributed by atoms with van der Waals surface area (Å²) in [7, 11) is -4.08. The van der Waals surface area contributed by atoms with Crippen molar-refractivity contribution >= 4 is 27.5 Å². The van der Waals surface area contributed by atoms with Crippen LogP contribution in [0, 0.1) is 5.82 Å². The van der Waals surface area contributed by atoms with Gasteiger partial charge in [-0.15, -0.1) is 0 Å². The molecule has 0 saturated carbocycles. The quantitative estimate of drug-likeness (QED) is 0.919. The van der Waals surface area contributed by atoms with Crippen LogP contribution in [-0.4, -0.2) is 30.6 Å². The van der Waals surface area contributed by atoms with E-state index in [4.69, 9.17) is 0 Å². The monoisotopic (exact) mass is 348 g/mol. The van der Waals surface area contributed by atoms with E-state index in [2.05, 4.69) is 5.32 Å². The predicted octanol–water partition coefficient (Wildman–Crippen LogP) is 2.00. The van der Waals surface area contributed by atoms with Crippen LogP contribution in [0.15, 0.2) is 53.4 Å². The van der Waals surface area contributed by atoms with Crippen LogP contribution in [0.1, 0.15) is 17.3 Å². The first kappa shape index (κ1) is 16.1. The fourth-order valence-electron chi connectivity index (χ4n) is 2.47. The molecule has 0 spiro atoms. The molecule has 1 aliphatic heterocycles. The van der Waals surface area contributed by atoms with E-state index in [0.717, 1.165) is 12.1 Å². The molecule has 1 aliphatic rings. The zero-order valence-electron chi connectivity index (χ0n) is 12.6. The van der Waals surface area contributed by atoms with Gasteiger partial charge in [0.25, 0.3) is 15.9 Å². The van der Waals surface area contributed by atoms with Crippen LogP contribution in [0.5, 0.6) is 0 Å². The number of fused-ring (bicyclic) bond motifs is 1. The summed E-state index contributed by atoms with van der Waals surface area (Å²) in [6.07, 6.45) is 0. The van der Waals surface area contributed by atoms with Gasteiger partial charge in [-0.3, -0.25) is 9.59 Å². The number of anilines is 1. The van der Waals surface area contributed by atoms with Gasteiger partial charge < -0.3 is 5.32 Å². The van der Waals surface area contributed by atoms with Gasteiger partial charge in [0.1, 0.15) is 16.8 Å². The van der Waals surface area contributed by atoms with Crippen LogP contribution < -0.4 is 5.32 Å². The molecule has 6 nitrogen and oxygen atoms in total. The Morgan fingerprint density at radius 2 is 1.75 bits per heavy atom. The number of amides is 2. The van der Waals surface area contributed by atoms with Gasteiger partial charge in [-0.1, -0.05) is 12.1 Å². The first-order valence-electron chi connectivity index (χ1n) is 7.06. The lowest BCUT2D eigenvalue weighted by atomic mass is 10.2. The number of rotatable bonds is 3. The number of nitrogens with zero attached hydrogens (tertiary/aromatic N) is 1. The summed E-state index contributed by atoms with van der Waals surface area (Å²) in [4.78, 5) is 24.6. The van der Waals surface area contributed by atoms with Gasteiger partial charge in [0.15, 0.2) is 0 Å². The Hall–Kier alpha value is -2.74. The van der Waals surface area contributed by atoms with Gasteiger partial charge in [-0.05, 0) is 43.3 Å². The number of nitrogens with one attached hydrogen (secondary N) is 1. The van der Waals surface area contributed by atoms with E-state index in [1.807, 2.05) is 0 Å². The summed E-state index contributed by atoms with van der Waals surface area (Å²) >= 11 is 0. The van der Waals surface area contributed by atoms with Crippen molar-refractivity contribution in [2.45, 2.75) is 17.9 Å². The number of hydrogen-bond donors (Lipinski definition) is 1. The molecule has 0 saturated heterocycles. The molecule has 24 heavy (non-hydrogen) atoms. The second-order valence-electron chi connectivity index (χ2n) is 5.27. The third-order valence-corrected chi connectivity index (χ3v) is 5.61. The minimum atomic E-state index is -4.08. The highest BCUT2D eigenvalue weighted by Crippen LogP contribution is 2.31. The van der Waals surface area contributed by atoms with E-state index in [0.29, 0.717) is 9.99 Å². The van der Waals surface area contributed by atoms with Crippen molar-refractivity contribution in [3.8, 4) is 0 Å². The molecule has 2 aromatic carbocycles. The summed E-state index contributed by atoms with van der Waals surface area (Å²) in [5.41, 5.74) is 0.341. The number of sulfonamides is 1. The molecule has 0 bridgehead atoms. The molecule has 1 N–H and O–H groups in total. The fourth-order valence-corrected chi connectivity index (χ4v) is 4.20. The molecular weight excluding hydrogens is 335 g/mol. The van der Waals surface area contributed by atoms with Gasteiger partial charge in [0, 0.05) is 5.69 Å². The Morgan fingerprint density at radius 3 is 2.38 bits per heavy atom. The zero-order valence-corrected chi connectivity index (χ0v) is 13.4. The topological polar surface area (TPSA) is 83.6 Å². The maximum absolute atomic E-state index is 12.9. The number of carbonyl (C=O) groups is 2. The molecule has 8 heteroatoms. The smallest absolute Gasteiger partial charge is 0.269 e. The molecule has 0 fully saturated rings. The summed E-state index contributed by atoms with van der Waals surface area (Å²) in [5, 5.41) is 2.47. The van der Waals surface area contributed by atoms with Crippen molar-refractivity contribution in [3.63, 3.8) is 0 Å². The lowest BCUT2D eigenvalue weighted by molar-refractivity contribution is -0.118. The molecule has 3 rings (SSSR count). The molecule has 0 unspecified atom stereocenters. The molecule has 0 radical (unpaired) electrons. The highest BCUT2D eigenvalue weighted by atomic mass is 32.2. The molecule has 124 valence electrons. The lowest BCUT2D eigenvalue weighted by Crippen LogP contribution is -2.45. The highest BCUT2D eigenvalue weighted by Gasteiger charge is 2.45. The van der Waals surface area contributed by atoms with Gasteiger partial charge in [-0.25, -0.2) is 17.1 Å². The molecule has 1 atom stereocenters. The van der Waals surface area contributed by atoms with Crippen molar-refractivity contribution < 1.29 is 22.4 Å². The van der Waals surface area contributed by atoms with Crippen LogP contribution in [-0.2, 0) is 14.8 Å². The zero-order chi connectivity index (χ0) is 17.5. The molecule has 2 amide bonds. The summed E-state index contributed by atoms with van der Waals surface area (Å²) < 4.78 is 38.5. The van der Waals surface area contributed by atoms with Gasteiger partial charge >= 0.3 is 0 Å². The standard InChI is InChI=1S/C16H13FN2O4S/c1-10(15(20)18-12-8-6-11(17)7-9-12)19-16(21)13-4-2-3-5-14(13)24(19,22)23/h2-10H,1H3,(H,18,20)/t10-/m1/s1. The Kier molecular flexibility index (Phi) is 3.84. The van der Waals surface area contributed by atoms with E-state index in [-0.39, 0.29) is 10.5 Å². The van der Waals surface area contributed by atoms with Crippen molar-refractivity contribution in [1.29, 1.82) is 0 Å². The Labute approximate surface area is 138 Å². The molecule has 0 aliphatic carbocycles. The number of hydrogen-bond acceptors (Lipinski definition) is 4. The lowest BCUT2D eigenvalue weighted by Gasteiger charge is -2.22. The normalized spacial score (nSPS) is 16.6. The first-order valence-corrected chi connectivity index (χ1v) is 8.50. The number of halogens is 1. The van der Waals surface area contributed by atoms with Gasteiger partial charge in [0.2, 0.25) is 5.91 Å². The van der Waals surface area contributed by atoms with E-state index in [9.17, 15) is 22.4 Å². The van der Waals surface area contributed by atoms with E-state index < -0.39 is 33.7 Å². The van der Waals surface area contributed by atoms with Crippen LogP contribution in [0.25, 0.3) is 0 Å². The predicted molar refractivity (Wildman–Crippen MR) is 84.3 cm³/mol. The van der Waals surface area contributed by atoms with Crippen LogP contribution in [0.4, 0.5) is 10.1 Å². The number of benzene rings is 2. The molecule has 2 aromatic rings. The second kappa shape index (κ2) is 5.72. The highest BCUT2D eigenvalue weighted by molar-refractivity contribution is 7.90. The fraction of sp³-hybridized carbons (Fsp3) is 0.125. The maximum Gasteiger partial charge on any atom is 0.269 e. The van der Waals surface area contributed by atoms with Crippen LogP contribution in [0.2, 0.25) is 0 Å². The Bertz CT molecular complexity index is 925. The van der Waals surface area contributed by atoms with E-state index >= 15 is 0 Å². The Balaban J connectivity index is 1.87. The van der Waals surface area contributed by atoms with Crippen molar-refractivity contribution in [1.82, 2.24) is 4.31 Å². The van der Waals surface area contributed by atoms with Crippen molar-refractivity contribution in [3.05, 3.63) is 59.9 Å². The third-order valence-electron chi connectivity index (χ3n) is 3.70. The van der Waals surface area contributed by atoms with Crippen molar-refractivity contribution in [2.24, 2.45) is 0 Å². The second-order valence-corrected chi connectivity index (χ2v) is 7.06. The molecule has 0 aromatic heterocycles. The minimum Gasteiger partial charge on any atom is -0.324 e. The average Bonchev–Trinajstić information content (AvgIpc) is 2.76. The maximum atomic E-state index is 12.9. The average molecular weight is 348 g/mol. The summed E-state index contributed by atoms with van der Waals surface area (Å²) in [6, 6.07) is 9.55. The SMILES string of the molecule is C[C@H](C(=O)Nc1ccc(F)cc1)N1C(=O)c2ccccc2S1(=O)=O. The molecule has 1 heterocycles. The van der Waals surface area contributed by atoms with Crippen molar-refractivity contribution in [2.75, 3.05) is 5.32 Å². The summed E-state index contributed by atoms with van der Waals surface area (Å²) in [5.74, 6) is -1.90. The van der Waals surface area contributed by atoms with Crippen LogP contribution in [0.3, 0.4) is 0 Å².